The number of nitrogens with one attached hydrogen (secondary N) is 1. The van der Waals surface area contributed by atoms with Crippen LogP contribution in [0, 0.1) is 5.82 Å². The summed E-state index contributed by atoms with van der Waals surface area (Å²) in [4.78, 5) is 19.1. The van der Waals surface area contributed by atoms with Crippen molar-refractivity contribution in [2.24, 2.45) is 0 Å². The lowest BCUT2D eigenvalue weighted by Crippen LogP contribution is -2.43. The minimum Gasteiger partial charge on any atom is -0.422 e. The van der Waals surface area contributed by atoms with E-state index in [0.29, 0.717) is 10.4 Å². The van der Waals surface area contributed by atoms with Crippen LogP contribution in [0.2, 0.25) is 0 Å². The molecular formula is C20H16FN3O2S. The van der Waals surface area contributed by atoms with Crippen molar-refractivity contribution in [2.45, 2.75) is 0 Å². The summed E-state index contributed by atoms with van der Waals surface area (Å²) in [5.74, 6) is -0.396. The third kappa shape index (κ3) is 2.89. The Morgan fingerprint density at radius 1 is 1.15 bits per heavy atom. The number of thiazole rings is 1. The third-order valence-electron chi connectivity index (χ3n) is 4.79. The smallest absolute Gasteiger partial charge is 0.346 e. The molecule has 0 spiro atoms. The molecule has 1 saturated heterocycles. The van der Waals surface area contributed by atoms with Crippen molar-refractivity contribution in [1.29, 1.82) is 0 Å². The van der Waals surface area contributed by atoms with Gasteiger partial charge < -0.3 is 14.6 Å². The largest absolute Gasteiger partial charge is 0.422 e. The maximum Gasteiger partial charge on any atom is 0.346 e. The number of benzene rings is 2. The number of anilines is 1. The summed E-state index contributed by atoms with van der Waals surface area (Å²) >= 11 is 1.40. The zero-order valence-electron chi connectivity index (χ0n) is 14.4. The lowest BCUT2D eigenvalue weighted by Gasteiger charge is -2.29. The van der Waals surface area contributed by atoms with Crippen LogP contribution in [0.15, 0.2) is 51.7 Å². The van der Waals surface area contributed by atoms with E-state index in [1.165, 1.54) is 17.4 Å². The van der Waals surface area contributed by atoms with E-state index in [2.05, 4.69) is 15.2 Å². The Hall–Kier alpha value is -2.77. The minimum atomic E-state index is -0.501. The van der Waals surface area contributed by atoms with Crippen molar-refractivity contribution < 1.29 is 8.81 Å². The molecule has 0 atom stereocenters. The van der Waals surface area contributed by atoms with Gasteiger partial charge >= 0.3 is 5.63 Å². The normalized spacial score (nSPS) is 14.9. The summed E-state index contributed by atoms with van der Waals surface area (Å²) in [6.45, 7) is 3.28. The van der Waals surface area contributed by atoms with Crippen LogP contribution in [0.1, 0.15) is 0 Å². The van der Waals surface area contributed by atoms with Crippen LogP contribution >= 0.6 is 11.3 Å². The van der Waals surface area contributed by atoms with Gasteiger partial charge in [-0.1, -0.05) is 12.1 Å². The summed E-state index contributed by atoms with van der Waals surface area (Å²) in [6.07, 6.45) is 0. The molecule has 7 heteroatoms. The van der Waals surface area contributed by atoms with E-state index in [-0.39, 0.29) is 11.1 Å². The topological polar surface area (TPSA) is 58.4 Å². The first-order valence-electron chi connectivity index (χ1n) is 8.78. The average Bonchev–Trinajstić information content (AvgIpc) is 3.12. The van der Waals surface area contributed by atoms with E-state index in [4.69, 9.17) is 4.42 Å². The van der Waals surface area contributed by atoms with E-state index in [0.717, 1.165) is 42.1 Å². The van der Waals surface area contributed by atoms with Gasteiger partial charge in [-0.05, 0) is 24.3 Å². The van der Waals surface area contributed by atoms with Crippen molar-refractivity contribution in [3.8, 4) is 10.6 Å². The summed E-state index contributed by atoms with van der Waals surface area (Å²) in [6, 6.07) is 12.5. The molecule has 1 aliphatic rings. The van der Waals surface area contributed by atoms with Gasteiger partial charge in [0.2, 0.25) is 0 Å². The summed E-state index contributed by atoms with van der Waals surface area (Å²) < 4.78 is 21.3. The highest BCUT2D eigenvalue weighted by atomic mass is 32.1. The van der Waals surface area contributed by atoms with Crippen molar-refractivity contribution >= 4 is 38.2 Å². The molecule has 2 aromatic heterocycles. The Kier molecular flexibility index (Phi) is 3.91. The monoisotopic (exact) mass is 381 g/mol. The van der Waals surface area contributed by atoms with Gasteiger partial charge in [0.25, 0.3) is 0 Å². The number of hydrogen-bond donors (Lipinski definition) is 1. The first-order chi connectivity index (χ1) is 13.2. The maximum absolute atomic E-state index is 14.8. The number of fused-ring (bicyclic) bond motifs is 2. The number of nitrogens with zero attached hydrogens (tertiary/aromatic N) is 2. The Morgan fingerprint density at radius 2 is 1.96 bits per heavy atom. The molecule has 1 fully saturated rings. The number of para-hydroxylation sites is 1. The van der Waals surface area contributed by atoms with Crippen molar-refractivity contribution in [3.05, 3.63) is 58.7 Å². The highest BCUT2D eigenvalue weighted by molar-refractivity contribution is 7.21. The molecule has 0 unspecified atom stereocenters. The van der Waals surface area contributed by atoms with E-state index in [1.807, 2.05) is 24.3 Å². The van der Waals surface area contributed by atoms with Crippen LogP contribution in [0.5, 0.6) is 0 Å². The third-order valence-corrected chi connectivity index (χ3v) is 5.86. The number of aromatic nitrogens is 1. The average molecular weight is 381 g/mol. The maximum atomic E-state index is 14.8. The van der Waals surface area contributed by atoms with Gasteiger partial charge in [-0.15, -0.1) is 11.3 Å². The van der Waals surface area contributed by atoms with Gasteiger partial charge in [0.05, 0.1) is 21.2 Å². The van der Waals surface area contributed by atoms with Crippen LogP contribution in [-0.2, 0) is 0 Å². The van der Waals surface area contributed by atoms with Crippen LogP contribution in [0.3, 0.4) is 0 Å². The second-order valence-electron chi connectivity index (χ2n) is 6.51. The SMILES string of the molecule is O=c1oc2cc(N3CCNCC3)cc(F)c2cc1-c1nc2ccccc2s1. The summed E-state index contributed by atoms with van der Waals surface area (Å²) in [5, 5.41) is 4.10. The molecule has 1 N–H and O–H groups in total. The Labute approximate surface area is 158 Å². The van der Waals surface area contributed by atoms with Crippen molar-refractivity contribution in [3.63, 3.8) is 0 Å². The van der Waals surface area contributed by atoms with Crippen LogP contribution in [0.25, 0.3) is 31.8 Å². The highest BCUT2D eigenvalue weighted by Gasteiger charge is 2.18. The fourth-order valence-electron chi connectivity index (χ4n) is 3.40. The van der Waals surface area contributed by atoms with Gasteiger partial charge in [0.1, 0.15) is 16.4 Å². The summed E-state index contributed by atoms with van der Waals surface area (Å²) in [5.41, 5.74) is 1.60. The predicted molar refractivity (Wildman–Crippen MR) is 106 cm³/mol. The molecule has 136 valence electrons. The highest BCUT2D eigenvalue weighted by Crippen LogP contribution is 2.32. The van der Waals surface area contributed by atoms with Gasteiger partial charge in [0.15, 0.2) is 0 Å². The molecule has 2 aromatic carbocycles. The molecule has 0 amide bonds. The molecule has 0 radical (unpaired) electrons. The Morgan fingerprint density at radius 3 is 2.78 bits per heavy atom. The fourth-order valence-corrected chi connectivity index (χ4v) is 4.37. The van der Waals surface area contributed by atoms with Crippen LogP contribution in [0.4, 0.5) is 10.1 Å². The van der Waals surface area contributed by atoms with Gasteiger partial charge in [0, 0.05) is 37.9 Å². The second kappa shape index (κ2) is 6.44. The summed E-state index contributed by atoms with van der Waals surface area (Å²) in [7, 11) is 0. The number of piperazine rings is 1. The van der Waals surface area contributed by atoms with Crippen LogP contribution < -0.4 is 15.8 Å². The van der Waals surface area contributed by atoms with Gasteiger partial charge in [-0.25, -0.2) is 14.2 Å². The molecule has 0 aliphatic carbocycles. The minimum absolute atomic E-state index is 0.262. The quantitative estimate of drug-likeness (QED) is 0.538. The number of hydrogen-bond acceptors (Lipinski definition) is 6. The van der Waals surface area contributed by atoms with E-state index in [1.54, 1.807) is 12.1 Å². The molecule has 0 bridgehead atoms. The van der Waals surface area contributed by atoms with E-state index in [9.17, 15) is 9.18 Å². The molecule has 5 rings (SSSR count). The fraction of sp³-hybridized carbons (Fsp3) is 0.200. The predicted octanol–water partition coefficient (Wildman–Crippen LogP) is 3.62. The van der Waals surface area contributed by atoms with Crippen LogP contribution in [-0.4, -0.2) is 31.2 Å². The molecule has 3 heterocycles. The lowest BCUT2D eigenvalue weighted by atomic mass is 10.1. The molecule has 1 aliphatic heterocycles. The second-order valence-corrected chi connectivity index (χ2v) is 7.54. The lowest BCUT2D eigenvalue weighted by molar-refractivity contribution is 0.555. The van der Waals surface area contributed by atoms with E-state index >= 15 is 0 Å². The Balaban J connectivity index is 1.64. The molecule has 5 nitrogen and oxygen atoms in total. The standard InChI is InChI=1S/C20H16FN3O2S/c21-15-9-12(24-7-5-22-6-8-24)10-17-13(15)11-14(20(25)26-17)19-23-16-3-1-2-4-18(16)27-19/h1-4,9-11,22H,5-8H2. The van der Waals surface area contributed by atoms with Gasteiger partial charge in [-0.3, -0.25) is 0 Å². The zero-order valence-corrected chi connectivity index (χ0v) is 15.2. The number of halogens is 1. The Bertz CT molecular complexity index is 1180. The van der Waals surface area contributed by atoms with E-state index < -0.39 is 11.4 Å². The molecular weight excluding hydrogens is 365 g/mol. The molecule has 4 aromatic rings. The zero-order chi connectivity index (χ0) is 18.4. The van der Waals surface area contributed by atoms with Crippen molar-refractivity contribution in [2.75, 3.05) is 31.1 Å². The number of rotatable bonds is 2. The molecule has 27 heavy (non-hydrogen) atoms. The van der Waals surface area contributed by atoms with Gasteiger partial charge in [-0.2, -0.15) is 0 Å². The first kappa shape index (κ1) is 16.4. The van der Waals surface area contributed by atoms with Crippen molar-refractivity contribution in [1.82, 2.24) is 10.3 Å². The first-order valence-corrected chi connectivity index (χ1v) is 9.60. The molecule has 0 saturated carbocycles.